The quantitative estimate of drug-likeness (QED) is 0.0579. The zero-order chi connectivity index (χ0) is 55.3. The summed E-state index contributed by atoms with van der Waals surface area (Å²) in [6.07, 6.45) is 5.04. The first-order valence-corrected chi connectivity index (χ1v) is 28.1. The lowest BCUT2D eigenvalue weighted by Gasteiger charge is -2.35. The number of hydrogen-bond acceptors (Lipinski definition) is 12. The van der Waals surface area contributed by atoms with Crippen LogP contribution in [0.25, 0.3) is 21.6 Å². The number of thiazole rings is 1. The largest absolute Gasteiger partial charge is 0.391 e. The van der Waals surface area contributed by atoms with Crippen LogP contribution in [-0.2, 0) is 56.4 Å². The number of hydrogen-bond donors (Lipinski definition) is 5. The molecule has 0 spiro atoms. The summed E-state index contributed by atoms with van der Waals surface area (Å²) in [5.74, 6) is -0.753. The van der Waals surface area contributed by atoms with Crippen LogP contribution >= 0.6 is 11.3 Å². The maximum absolute atomic E-state index is 15.1. The van der Waals surface area contributed by atoms with Crippen LogP contribution in [0.1, 0.15) is 118 Å². The first-order valence-electron chi connectivity index (χ1n) is 27.2. The van der Waals surface area contributed by atoms with E-state index in [1.165, 1.54) is 15.8 Å². The summed E-state index contributed by atoms with van der Waals surface area (Å²) in [5.41, 5.74) is 8.21. The highest BCUT2D eigenvalue weighted by Crippen LogP contribution is 2.44. The summed E-state index contributed by atoms with van der Waals surface area (Å²) in [6.45, 7) is 10.7. The van der Waals surface area contributed by atoms with Gasteiger partial charge in [0.2, 0.25) is 23.6 Å². The van der Waals surface area contributed by atoms with E-state index in [1.807, 2.05) is 62.9 Å². The van der Waals surface area contributed by atoms with E-state index in [0.717, 1.165) is 57.8 Å². The van der Waals surface area contributed by atoms with E-state index < -0.39 is 35.9 Å². The first kappa shape index (κ1) is 56.0. The molecule has 2 aromatic carbocycles. The van der Waals surface area contributed by atoms with Crippen LogP contribution < -0.4 is 26.2 Å². The van der Waals surface area contributed by atoms with Gasteiger partial charge in [0.15, 0.2) is 5.82 Å². The molecule has 7 heterocycles. The summed E-state index contributed by atoms with van der Waals surface area (Å²) in [7, 11) is 1.61. The predicted octanol–water partition coefficient (Wildman–Crippen LogP) is 6.74. The first-order chi connectivity index (χ1) is 37.5. The molecule has 4 aliphatic heterocycles. The number of likely N-dealkylation sites (tertiary alicyclic amines) is 1. The van der Waals surface area contributed by atoms with Crippen molar-refractivity contribution in [3.63, 3.8) is 0 Å². The van der Waals surface area contributed by atoms with Gasteiger partial charge in [-0.3, -0.25) is 28.5 Å². The van der Waals surface area contributed by atoms with Crippen molar-refractivity contribution in [1.82, 2.24) is 55.6 Å². The lowest BCUT2D eigenvalue weighted by molar-refractivity contribution is -0.144. The number of benzene rings is 2. The van der Waals surface area contributed by atoms with Crippen molar-refractivity contribution in [2.45, 2.75) is 142 Å². The Labute approximate surface area is 457 Å². The number of nitrogens with zero attached hydrogens (tertiary/aromatic N) is 8. The van der Waals surface area contributed by atoms with Crippen LogP contribution in [0.3, 0.4) is 0 Å². The zero-order valence-corrected chi connectivity index (χ0v) is 46.0. The minimum absolute atomic E-state index is 0.0274. The van der Waals surface area contributed by atoms with Gasteiger partial charge in [-0.25, -0.2) is 18.6 Å². The Bertz CT molecular complexity index is 2970. The van der Waals surface area contributed by atoms with Crippen molar-refractivity contribution in [1.29, 1.82) is 0 Å². The smallest absolute Gasteiger partial charge is 0.317 e. The third-order valence-electron chi connectivity index (χ3n) is 15.3. The average Bonchev–Trinajstić information content (AvgIpc) is 4.38. The van der Waals surface area contributed by atoms with Gasteiger partial charge in [0, 0.05) is 107 Å². The summed E-state index contributed by atoms with van der Waals surface area (Å²) < 4.78 is 39.4. The van der Waals surface area contributed by atoms with Gasteiger partial charge in [-0.15, -0.1) is 11.3 Å². The van der Waals surface area contributed by atoms with Crippen molar-refractivity contribution in [2.24, 2.45) is 5.41 Å². The van der Waals surface area contributed by atoms with E-state index in [1.54, 1.807) is 41.1 Å². The molecule has 418 valence electrons. The van der Waals surface area contributed by atoms with Crippen LogP contribution in [0.15, 0.2) is 54.3 Å². The van der Waals surface area contributed by atoms with Gasteiger partial charge in [0.25, 0.3) is 6.43 Å². The van der Waals surface area contributed by atoms with E-state index in [2.05, 4.69) is 36.0 Å². The molecule has 2 fully saturated rings. The number of carbonyl (C=O) groups excluding carboxylic acids is 5. The Morgan fingerprint density at radius 3 is 2.46 bits per heavy atom. The van der Waals surface area contributed by atoms with Crippen molar-refractivity contribution in [3.05, 3.63) is 87.9 Å². The fourth-order valence-electron chi connectivity index (χ4n) is 11.1. The SMILES string of the molecule is CNC(=O)N1CCc2c(c(N3CCCc4cc(-c5cnn(CC(=O)NCCCCCC(=O)N[C@H](C(=O)N6CC(O)C[C@H]6C(=O)NCc6ccc(-c7scnc7C)cc6)C(C)(C)C)c5)c(C(F)F)cc43)nn2C2CCOCC2)C1. The molecule has 2 saturated heterocycles. The standard InChI is InChI=1S/C56H72F2N12O7S/c1-34-49(78-33-62-34)36-14-12-35(13-15-36)27-61-53(74)46-25-40(71)30-69(46)54(75)50(56(2,3)4)64-47(72)11-7-6-8-19-60-48(73)32-67-29-38(28-63-67)41-24-37-10-9-20-68(45(37)26-42(41)51(57)58)52-43-31-66(55(76)59-5)21-16-44(43)70(65-52)39-17-22-77-23-18-39/h12-15,24,26,28-29,33,39-40,46,50-51,71H,6-11,16-23,25,27,30-32H2,1-5H3,(H,59,76)(H,60,73)(H,61,74)(H,64,72)/t40?,46-,50+/m0/s1. The third kappa shape index (κ3) is 12.7. The number of aliphatic hydroxyl groups excluding tert-OH is 1. The van der Waals surface area contributed by atoms with Gasteiger partial charge in [-0.2, -0.15) is 10.2 Å². The maximum atomic E-state index is 15.1. The van der Waals surface area contributed by atoms with Crippen LogP contribution in [0.4, 0.5) is 25.1 Å². The molecular weight excluding hydrogens is 1020 g/mol. The fraction of sp³-hybridized carbons (Fsp3) is 0.536. The topological polar surface area (TPSA) is 221 Å². The van der Waals surface area contributed by atoms with E-state index in [9.17, 15) is 29.1 Å². The van der Waals surface area contributed by atoms with Crippen molar-refractivity contribution in [3.8, 4) is 21.6 Å². The number of fused-ring (bicyclic) bond motifs is 2. The van der Waals surface area contributed by atoms with E-state index in [-0.39, 0.29) is 67.8 Å². The number of carbonyl (C=O) groups is 5. The second kappa shape index (κ2) is 24.5. The number of unbranched alkanes of at least 4 members (excludes halogenated alkanes) is 2. The van der Waals surface area contributed by atoms with E-state index in [4.69, 9.17) is 9.84 Å². The highest BCUT2D eigenvalue weighted by atomic mass is 32.1. The Kier molecular flexibility index (Phi) is 17.6. The number of alkyl halides is 2. The molecule has 3 atom stereocenters. The summed E-state index contributed by atoms with van der Waals surface area (Å²) in [4.78, 5) is 77.4. The molecular formula is C56H72F2N12O7S. The molecule has 4 aliphatic rings. The van der Waals surface area contributed by atoms with Crippen molar-refractivity contribution < 1.29 is 42.6 Å². The highest BCUT2D eigenvalue weighted by Gasteiger charge is 2.44. The Morgan fingerprint density at radius 2 is 1.74 bits per heavy atom. The molecule has 0 saturated carbocycles. The predicted molar refractivity (Wildman–Crippen MR) is 291 cm³/mol. The lowest BCUT2D eigenvalue weighted by atomic mass is 9.85. The highest BCUT2D eigenvalue weighted by molar-refractivity contribution is 7.13. The number of urea groups is 1. The lowest BCUT2D eigenvalue weighted by Crippen LogP contribution is -2.57. The minimum atomic E-state index is -2.80. The third-order valence-corrected chi connectivity index (χ3v) is 16.3. The molecule has 0 bridgehead atoms. The van der Waals surface area contributed by atoms with Crippen LogP contribution in [-0.4, -0.2) is 134 Å². The van der Waals surface area contributed by atoms with Gasteiger partial charge in [0.05, 0.1) is 41.0 Å². The number of ether oxygens (including phenoxy) is 1. The van der Waals surface area contributed by atoms with Gasteiger partial charge in [-0.1, -0.05) is 51.5 Å². The maximum Gasteiger partial charge on any atom is 0.317 e. The van der Waals surface area contributed by atoms with Crippen molar-refractivity contribution >= 4 is 52.5 Å². The average molecular weight is 1100 g/mol. The molecule has 0 aliphatic carbocycles. The van der Waals surface area contributed by atoms with Gasteiger partial charge in [0.1, 0.15) is 18.6 Å². The monoisotopic (exact) mass is 1090 g/mol. The Morgan fingerprint density at radius 1 is 0.962 bits per heavy atom. The molecule has 6 amide bonds. The Balaban J connectivity index is 0.753. The molecule has 3 aromatic heterocycles. The normalized spacial score (nSPS) is 18.1. The number of nitrogens with one attached hydrogen (secondary N) is 4. The molecule has 19 nitrogen and oxygen atoms in total. The number of rotatable bonds is 18. The molecule has 1 unspecified atom stereocenters. The molecule has 5 aromatic rings. The Hall–Kier alpha value is -6.78. The summed E-state index contributed by atoms with van der Waals surface area (Å²) in [5, 5.41) is 31.7. The number of halogens is 2. The summed E-state index contributed by atoms with van der Waals surface area (Å²) in [6, 6.07) is 9.34. The van der Waals surface area contributed by atoms with Crippen LogP contribution in [0.2, 0.25) is 0 Å². The van der Waals surface area contributed by atoms with E-state index in [0.29, 0.717) is 94.1 Å². The molecule has 78 heavy (non-hydrogen) atoms. The molecule has 9 rings (SSSR count). The van der Waals surface area contributed by atoms with Crippen LogP contribution in [0.5, 0.6) is 0 Å². The number of aliphatic hydroxyl groups is 1. The van der Waals surface area contributed by atoms with Crippen LogP contribution in [0, 0.1) is 12.3 Å². The van der Waals surface area contributed by atoms with Gasteiger partial charge >= 0.3 is 6.03 Å². The summed E-state index contributed by atoms with van der Waals surface area (Å²) >= 11 is 1.56. The number of aromatic nitrogens is 5. The number of aryl methyl sites for hydroxylation is 2. The molecule has 22 heteroatoms. The second-order valence-corrected chi connectivity index (χ2v) is 22.8. The number of amides is 6. The number of anilines is 2. The molecule has 5 N–H and O–H groups in total. The van der Waals surface area contributed by atoms with Crippen molar-refractivity contribution in [2.75, 3.05) is 51.3 Å². The van der Waals surface area contributed by atoms with Gasteiger partial charge < -0.3 is 45.8 Å². The fourth-order valence-corrected chi connectivity index (χ4v) is 11.9. The molecule has 0 radical (unpaired) electrons. The van der Waals surface area contributed by atoms with E-state index >= 15 is 8.78 Å². The minimum Gasteiger partial charge on any atom is -0.391 e. The number of β-amino-alcohol motifs (C(OH)–C–C–N with tert-alkyl or cyclic N) is 1. The zero-order valence-electron chi connectivity index (χ0n) is 45.2. The second-order valence-electron chi connectivity index (χ2n) is 21.9. The van der Waals surface area contributed by atoms with Gasteiger partial charge in [-0.05, 0) is 85.3 Å².